The van der Waals surface area contributed by atoms with E-state index in [-0.39, 0.29) is 21.4 Å². The summed E-state index contributed by atoms with van der Waals surface area (Å²) < 4.78 is 33.0. The highest BCUT2D eigenvalue weighted by Crippen LogP contribution is 2.27. The highest BCUT2D eigenvalue weighted by Gasteiger charge is 2.20. The van der Waals surface area contributed by atoms with Crippen LogP contribution in [0.4, 0.5) is 11.4 Å². The minimum absolute atomic E-state index is 0.0763. The van der Waals surface area contributed by atoms with Gasteiger partial charge in [-0.2, -0.15) is 0 Å². The van der Waals surface area contributed by atoms with Crippen LogP contribution >= 0.6 is 11.3 Å². The van der Waals surface area contributed by atoms with Crippen molar-refractivity contribution in [3.05, 3.63) is 95.2 Å². The molecule has 6 nitrogen and oxygen atoms in total. The maximum atomic E-state index is 12.8. The molecule has 1 heterocycles. The molecule has 162 valence electrons. The summed E-state index contributed by atoms with van der Waals surface area (Å²) in [5.41, 5.74) is 2.96. The Labute approximate surface area is 190 Å². The van der Waals surface area contributed by atoms with E-state index < -0.39 is 10.0 Å². The average Bonchev–Trinajstić information content (AvgIpc) is 3.28. The van der Waals surface area contributed by atoms with Crippen LogP contribution in [0.3, 0.4) is 0 Å². The van der Waals surface area contributed by atoms with Crippen molar-refractivity contribution in [1.82, 2.24) is 0 Å². The monoisotopic (exact) mass is 464 g/mol. The Kier molecular flexibility index (Phi) is 6.25. The highest BCUT2D eigenvalue weighted by atomic mass is 32.2. The fourth-order valence-electron chi connectivity index (χ4n) is 3.09. The van der Waals surface area contributed by atoms with Crippen molar-refractivity contribution in [3.8, 4) is 16.9 Å². The van der Waals surface area contributed by atoms with Gasteiger partial charge in [0.15, 0.2) is 0 Å². The lowest BCUT2D eigenvalue weighted by Gasteiger charge is -2.10. The van der Waals surface area contributed by atoms with Gasteiger partial charge in [-0.1, -0.05) is 42.5 Å². The van der Waals surface area contributed by atoms with Crippen LogP contribution in [0.25, 0.3) is 11.1 Å². The summed E-state index contributed by atoms with van der Waals surface area (Å²) in [4.78, 5) is 13.2. The first kappa shape index (κ1) is 21.6. The fourth-order valence-corrected chi connectivity index (χ4v) is 4.97. The van der Waals surface area contributed by atoms with Gasteiger partial charge in [-0.05, 0) is 59.0 Å². The quantitative estimate of drug-likeness (QED) is 0.379. The van der Waals surface area contributed by atoms with Gasteiger partial charge < -0.3 is 10.1 Å². The average molecular weight is 465 g/mol. The minimum atomic E-state index is -3.85. The molecular formula is C24H20N2O4S2. The van der Waals surface area contributed by atoms with E-state index >= 15 is 0 Å². The molecule has 1 amide bonds. The van der Waals surface area contributed by atoms with Crippen molar-refractivity contribution in [2.45, 2.75) is 4.90 Å². The summed E-state index contributed by atoms with van der Waals surface area (Å²) >= 11 is 1.16. The van der Waals surface area contributed by atoms with E-state index in [4.69, 9.17) is 4.74 Å². The number of hydrogen-bond acceptors (Lipinski definition) is 5. The van der Waals surface area contributed by atoms with Gasteiger partial charge >= 0.3 is 0 Å². The predicted molar refractivity (Wildman–Crippen MR) is 128 cm³/mol. The van der Waals surface area contributed by atoms with Crippen molar-refractivity contribution < 1.29 is 17.9 Å². The van der Waals surface area contributed by atoms with Crippen molar-refractivity contribution in [2.75, 3.05) is 17.1 Å². The predicted octanol–water partition coefficient (Wildman–Crippen LogP) is 5.48. The molecule has 0 spiro atoms. The lowest BCUT2D eigenvalue weighted by molar-refractivity contribution is 0.103. The second-order valence-electron chi connectivity index (χ2n) is 6.84. The molecule has 0 aliphatic heterocycles. The Morgan fingerprint density at radius 1 is 0.844 bits per heavy atom. The van der Waals surface area contributed by atoms with Crippen molar-refractivity contribution in [3.63, 3.8) is 0 Å². The zero-order valence-corrected chi connectivity index (χ0v) is 18.7. The zero-order chi connectivity index (χ0) is 22.6. The minimum Gasteiger partial charge on any atom is -0.497 e. The lowest BCUT2D eigenvalue weighted by atomic mass is 10.1. The molecule has 1 aromatic heterocycles. The number of ether oxygens (including phenoxy) is 1. The van der Waals surface area contributed by atoms with E-state index in [0.29, 0.717) is 11.4 Å². The summed E-state index contributed by atoms with van der Waals surface area (Å²) in [6, 6.07) is 25.0. The van der Waals surface area contributed by atoms with Crippen LogP contribution in [-0.4, -0.2) is 21.4 Å². The third-order valence-corrected chi connectivity index (χ3v) is 7.03. The molecule has 0 saturated carbocycles. The smallest absolute Gasteiger partial charge is 0.267 e. The van der Waals surface area contributed by atoms with Gasteiger partial charge in [-0.25, -0.2) is 8.42 Å². The second kappa shape index (κ2) is 9.25. The van der Waals surface area contributed by atoms with Crippen molar-refractivity contribution in [1.29, 1.82) is 0 Å². The Bertz CT molecular complexity index is 1310. The third kappa shape index (κ3) is 4.82. The van der Waals surface area contributed by atoms with E-state index in [1.807, 2.05) is 54.6 Å². The maximum absolute atomic E-state index is 12.8. The van der Waals surface area contributed by atoms with Crippen LogP contribution in [0.15, 0.2) is 95.2 Å². The van der Waals surface area contributed by atoms with Crippen LogP contribution in [0.5, 0.6) is 5.75 Å². The number of hydrogen-bond donors (Lipinski definition) is 2. The Hall–Kier alpha value is -3.62. The Morgan fingerprint density at radius 2 is 1.50 bits per heavy atom. The number of amides is 1. The van der Waals surface area contributed by atoms with Crippen LogP contribution in [-0.2, 0) is 10.0 Å². The molecule has 0 bridgehead atoms. The number of anilines is 2. The van der Waals surface area contributed by atoms with E-state index in [0.717, 1.165) is 22.5 Å². The van der Waals surface area contributed by atoms with Crippen LogP contribution in [0.1, 0.15) is 9.67 Å². The van der Waals surface area contributed by atoms with E-state index in [9.17, 15) is 13.2 Å². The number of rotatable bonds is 7. The number of benzene rings is 3. The lowest BCUT2D eigenvalue weighted by Crippen LogP contribution is -2.17. The van der Waals surface area contributed by atoms with Gasteiger partial charge in [0.1, 0.15) is 10.6 Å². The molecule has 0 aliphatic rings. The fraction of sp³-hybridized carbons (Fsp3) is 0.0417. The Balaban J connectivity index is 1.48. The van der Waals surface area contributed by atoms with Gasteiger partial charge in [-0.15, -0.1) is 11.3 Å². The highest BCUT2D eigenvalue weighted by molar-refractivity contribution is 7.92. The first-order valence-electron chi connectivity index (χ1n) is 9.67. The van der Waals surface area contributed by atoms with E-state index in [1.54, 1.807) is 23.6 Å². The van der Waals surface area contributed by atoms with Gasteiger partial charge in [0.05, 0.1) is 17.7 Å². The van der Waals surface area contributed by atoms with E-state index in [2.05, 4.69) is 10.0 Å². The molecule has 4 aromatic rings. The maximum Gasteiger partial charge on any atom is 0.267 e. The van der Waals surface area contributed by atoms with Gasteiger partial charge in [0, 0.05) is 5.69 Å². The Morgan fingerprint density at radius 3 is 2.16 bits per heavy atom. The molecule has 0 aliphatic carbocycles. The molecule has 0 fully saturated rings. The molecule has 0 atom stereocenters. The zero-order valence-electron chi connectivity index (χ0n) is 17.1. The van der Waals surface area contributed by atoms with Crippen molar-refractivity contribution in [2.24, 2.45) is 0 Å². The standard InChI is InChI=1S/C24H20N2O4S2/c1-30-20-11-13-21(14-12-20)32(28,29)26-22-15-16-31-23(22)24(27)25-19-9-7-18(8-10-19)17-5-3-2-4-6-17/h2-16,26H,1H3,(H,25,27). The summed E-state index contributed by atoms with van der Waals surface area (Å²) in [6.45, 7) is 0. The summed E-state index contributed by atoms with van der Waals surface area (Å²) in [5.74, 6) is 0.165. The first-order valence-corrected chi connectivity index (χ1v) is 12.0. The van der Waals surface area contributed by atoms with Gasteiger partial charge in [0.2, 0.25) is 0 Å². The molecule has 0 saturated heterocycles. The third-order valence-electron chi connectivity index (χ3n) is 4.74. The molecule has 0 unspecified atom stereocenters. The van der Waals surface area contributed by atoms with Gasteiger partial charge in [-0.3, -0.25) is 9.52 Å². The molecule has 32 heavy (non-hydrogen) atoms. The first-order chi connectivity index (χ1) is 15.5. The largest absolute Gasteiger partial charge is 0.497 e. The van der Waals surface area contributed by atoms with Crippen LogP contribution in [0.2, 0.25) is 0 Å². The van der Waals surface area contributed by atoms with Crippen LogP contribution < -0.4 is 14.8 Å². The van der Waals surface area contributed by atoms with Gasteiger partial charge in [0.25, 0.3) is 15.9 Å². The van der Waals surface area contributed by atoms with Crippen LogP contribution in [0, 0.1) is 0 Å². The van der Waals surface area contributed by atoms with E-state index in [1.165, 1.54) is 19.2 Å². The number of carbonyl (C=O) groups is 1. The molecule has 3 aromatic carbocycles. The summed E-state index contributed by atoms with van der Waals surface area (Å²) in [7, 11) is -2.35. The number of nitrogens with one attached hydrogen (secondary N) is 2. The molecule has 2 N–H and O–H groups in total. The number of methoxy groups -OCH3 is 1. The number of sulfonamides is 1. The summed E-state index contributed by atoms with van der Waals surface area (Å²) in [6.07, 6.45) is 0. The molecule has 8 heteroatoms. The van der Waals surface area contributed by atoms with Crippen molar-refractivity contribution >= 4 is 38.6 Å². The second-order valence-corrected chi connectivity index (χ2v) is 9.44. The number of carbonyl (C=O) groups excluding carboxylic acids is 1. The molecule has 4 rings (SSSR count). The number of thiophene rings is 1. The normalized spacial score (nSPS) is 11.0. The molecular weight excluding hydrogens is 444 g/mol. The SMILES string of the molecule is COc1ccc(S(=O)(=O)Nc2ccsc2C(=O)Nc2ccc(-c3ccccc3)cc2)cc1. The molecule has 0 radical (unpaired) electrons. The summed E-state index contributed by atoms with van der Waals surface area (Å²) in [5, 5.41) is 4.49. The topological polar surface area (TPSA) is 84.5 Å².